The van der Waals surface area contributed by atoms with Crippen molar-refractivity contribution >= 4 is 16.9 Å². The van der Waals surface area contributed by atoms with Crippen molar-refractivity contribution in [2.75, 3.05) is 26.2 Å². The van der Waals surface area contributed by atoms with Crippen molar-refractivity contribution < 1.29 is 9.53 Å². The van der Waals surface area contributed by atoms with Crippen LogP contribution in [0.4, 0.5) is 4.79 Å². The zero-order chi connectivity index (χ0) is 16.9. The van der Waals surface area contributed by atoms with Crippen LogP contribution >= 0.6 is 0 Å². The molecule has 5 heteroatoms. The summed E-state index contributed by atoms with van der Waals surface area (Å²) < 4.78 is 5.74. The molecule has 1 saturated heterocycles. The number of rotatable bonds is 6. The van der Waals surface area contributed by atoms with Gasteiger partial charge in [-0.25, -0.2) is 4.79 Å². The highest BCUT2D eigenvalue weighted by molar-refractivity contribution is 5.89. The fourth-order valence-electron chi connectivity index (χ4n) is 3.46. The molecule has 24 heavy (non-hydrogen) atoms. The second-order valence-corrected chi connectivity index (χ2v) is 6.42. The number of fused-ring (bicyclic) bond motifs is 1. The van der Waals surface area contributed by atoms with Gasteiger partial charge in [-0.05, 0) is 43.4 Å². The van der Waals surface area contributed by atoms with Crippen LogP contribution in [-0.2, 0) is 6.42 Å². The molecular weight excluding hydrogens is 302 g/mol. The first-order valence-corrected chi connectivity index (χ1v) is 8.97. The van der Waals surface area contributed by atoms with Crippen molar-refractivity contribution in [3.8, 4) is 5.75 Å². The minimum Gasteiger partial charge on any atom is -0.493 e. The van der Waals surface area contributed by atoms with E-state index < -0.39 is 0 Å². The zero-order valence-corrected chi connectivity index (χ0v) is 14.6. The first-order valence-electron chi connectivity index (χ1n) is 8.97. The lowest BCUT2D eigenvalue weighted by atomic mass is 10.1. The molecule has 1 aliphatic rings. The van der Waals surface area contributed by atoms with Crippen molar-refractivity contribution in [1.82, 2.24) is 15.2 Å². The van der Waals surface area contributed by atoms with Gasteiger partial charge in [0.1, 0.15) is 5.75 Å². The number of hydrogen-bond donors (Lipinski definition) is 2. The van der Waals surface area contributed by atoms with Crippen LogP contribution in [0.2, 0.25) is 0 Å². The summed E-state index contributed by atoms with van der Waals surface area (Å²) in [6, 6.07) is 6.11. The van der Waals surface area contributed by atoms with E-state index in [4.69, 9.17) is 4.74 Å². The second kappa shape index (κ2) is 7.60. The van der Waals surface area contributed by atoms with Gasteiger partial charge in [0.15, 0.2) is 0 Å². The first kappa shape index (κ1) is 16.7. The van der Waals surface area contributed by atoms with Crippen LogP contribution in [0.3, 0.4) is 0 Å². The Bertz CT molecular complexity index is 695. The molecule has 0 bridgehead atoms. The lowest BCUT2D eigenvalue weighted by Crippen LogP contribution is -2.39. The minimum atomic E-state index is 0.0656. The highest BCUT2D eigenvalue weighted by Crippen LogP contribution is 2.29. The van der Waals surface area contributed by atoms with Gasteiger partial charge in [0.25, 0.3) is 0 Å². The third-order valence-electron chi connectivity index (χ3n) is 4.87. The van der Waals surface area contributed by atoms with Gasteiger partial charge in [0.05, 0.1) is 6.61 Å². The molecule has 5 nitrogen and oxygen atoms in total. The molecule has 1 atom stereocenters. The summed E-state index contributed by atoms with van der Waals surface area (Å²) >= 11 is 0. The average molecular weight is 329 g/mol. The van der Waals surface area contributed by atoms with Crippen molar-refractivity contribution in [1.29, 1.82) is 0 Å². The van der Waals surface area contributed by atoms with E-state index in [1.165, 1.54) is 5.56 Å². The van der Waals surface area contributed by atoms with Crippen LogP contribution in [0.25, 0.3) is 10.9 Å². The highest BCUT2D eigenvalue weighted by Gasteiger charge is 2.24. The predicted octanol–water partition coefficient (Wildman–Crippen LogP) is 3.55. The summed E-state index contributed by atoms with van der Waals surface area (Å²) in [7, 11) is 0. The van der Waals surface area contributed by atoms with E-state index in [-0.39, 0.29) is 6.03 Å². The largest absolute Gasteiger partial charge is 0.493 e. The fourth-order valence-corrected chi connectivity index (χ4v) is 3.46. The van der Waals surface area contributed by atoms with Gasteiger partial charge in [0, 0.05) is 36.7 Å². The molecule has 0 radical (unpaired) electrons. The highest BCUT2D eigenvalue weighted by atomic mass is 16.5. The molecule has 0 unspecified atom stereocenters. The van der Waals surface area contributed by atoms with Gasteiger partial charge >= 0.3 is 6.03 Å². The molecule has 2 heterocycles. The molecule has 0 spiro atoms. The third kappa shape index (κ3) is 3.50. The number of ether oxygens (including phenoxy) is 1. The molecule has 0 saturated carbocycles. The normalized spacial score (nSPS) is 17.4. The Morgan fingerprint density at radius 1 is 1.42 bits per heavy atom. The quantitative estimate of drug-likeness (QED) is 0.851. The summed E-state index contributed by atoms with van der Waals surface area (Å²) in [5.74, 6) is 1.57. The first-order chi connectivity index (χ1) is 11.7. The molecule has 1 fully saturated rings. The van der Waals surface area contributed by atoms with E-state index in [0.717, 1.165) is 49.0 Å². The Labute approximate surface area is 143 Å². The maximum atomic E-state index is 12.3. The molecular formula is C19H27N3O2. The van der Waals surface area contributed by atoms with Gasteiger partial charge in [-0.2, -0.15) is 0 Å². The second-order valence-electron chi connectivity index (χ2n) is 6.42. The average Bonchev–Trinajstić information content (AvgIpc) is 3.22. The number of urea groups is 1. The maximum Gasteiger partial charge on any atom is 0.317 e. The zero-order valence-electron chi connectivity index (χ0n) is 14.6. The molecule has 0 aliphatic carbocycles. The number of aromatic nitrogens is 1. The summed E-state index contributed by atoms with van der Waals surface area (Å²) in [4.78, 5) is 17.5. The maximum absolute atomic E-state index is 12.3. The van der Waals surface area contributed by atoms with E-state index >= 15 is 0 Å². The smallest absolute Gasteiger partial charge is 0.317 e. The summed E-state index contributed by atoms with van der Waals surface area (Å²) in [5, 5.41) is 4.18. The molecule has 1 aliphatic heterocycles. The van der Waals surface area contributed by atoms with E-state index in [0.29, 0.717) is 19.1 Å². The van der Waals surface area contributed by atoms with Crippen LogP contribution < -0.4 is 10.1 Å². The predicted molar refractivity (Wildman–Crippen MR) is 96.5 cm³/mol. The van der Waals surface area contributed by atoms with E-state index in [1.807, 2.05) is 30.2 Å². The van der Waals surface area contributed by atoms with Crippen LogP contribution in [0.1, 0.15) is 32.3 Å². The molecule has 1 aromatic carbocycles. The fraction of sp³-hybridized carbons (Fsp3) is 0.526. The number of nitrogens with zero attached hydrogens (tertiary/aromatic N) is 1. The van der Waals surface area contributed by atoms with Gasteiger partial charge in [-0.1, -0.05) is 19.4 Å². The number of benzene rings is 1. The van der Waals surface area contributed by atoms with Crippen molar-refractivity contribution in [2.24, 2.45) is 5.92 Å². The van der Waals surface area contributed by atoms with E-state index in [1.54, 1.807) is 0 Å². The van der Waals surface area contributed by atoms with E-state index in [2.05, 4.69) is 23.3 Å². The monoisotopic (exact) mass is 329 g/mol. The Morgan fingerprint density at radius 3 is 3.04 bits per heavy atom. The van der Waals surface area contributed by atoms with Gasteiger partial charge in [0.2, 0.25) is 0 Å². The number of hydrogen-bond acceptors (Lipinski definition) is 2. The molecule has 130 valence electrons. The molecule has 2 N–H and O–H groups in total. The Balaban J connectivity index is 1.59. The number of nitrogens with one attached hydrogen (secondary N) is 2. The van der Waals surface area contributed by atoms with Crippen LogP contribution in [-0.4, -0.2) is 42.2 Å². The van der Waals surface area contributed by atoms with E-state index in [9.17, 15) is 4.79 Å². The topological polar surface area (TPSA) is 57.4 Å². The van der Waals surface area contributed by atoms with Crippen LogP contribution in [0.5, 0.6) is 5.75 Å². The molecule has 2 aromatic rings. The van der Waals surface area contributed by atoms with Gasteiger partial charge < -0.3 is 19.9 Å². The third-order valence-corrected chi connectivity index (χ3v) is 4.87. The number of likely N-dealkylation sites (tertiary alicyclic amines) is 1. The Kier molecular flexibility index (Phi) is 5.28. The lowest BCUT2D eigenvalue weighted by Gasteiger charge is -2.17. The van der Waals surface area contributed by atoms with Crippen molar-refractivity contribution in [3.63, 3.8) is 0 Å². The number of amides is 2. The number of H-pyrrole nitrogens is 1. The minimum absolute atomic E-state index is 0.0656. The molecule has 3 rings (SSSR count). The standard InChI is InChI=1S/C19H27N3O2/c1-3-14-9-11-22(13-14)19(23)20-10-8-15-12-21-16-6-5-7-17(18(15)16)24-4-2/h5-7,12,14,21H,3-4,8-11,13H2,1-2H3,(H,20,23)/t14-/m0/s1. The lowest BCUT2D eigenvalue weighted by molar-refractivity contribution is 0.207. The number of aromatic amines is 1. The van der Waals surface area contributed by atoms with Crippen LogP contribution in [0, 0.1) is 5.92 Å². The van der Waals surface area contributed by atoms with Gasteiger partial charge in [-0.15, -0.1) is 0 Å². The van der Waals surface area contributed by atoms with Crippen molar-refractivity contribution in [2.45, 2.75) is 33.1 Å². The number of carbonyl (C=O) groups excluding carboxylic acids is 1. The number of carbonyl (C=O) groups is 1. The SMILES string of the molecule is CCOc1cccc2[nH]cc(CCNC(=O)N3CC[C@H](CC)C3)c12. The van der Waals surface area contributed by atoms with Crippen molar-refractivity contribution in [3.05, 3.63) is 30.0 Å². The molecule has 1 aromatic heterocycles. The summed E-state index contributed by atoms with van der Waals surface area (Å²) in [6.45, 7) is 7.24. The summed E-state index contributed by atoms with van der Waals surface area (Å²) in [6.07, 6.45) is 5.09. The summed E-state index contributed by atoms with van der Waals surface area (Å²) in [5.41, 5.74) is 2.26. The Morgan fingerprint density at radius 2 is 2.29 bits per heavy atom. The van der Waals surface area contributed by atoms with Gasteiger partial charge in [-0.3, -0.25) is 0 Å². The molecule has 2 amide bonds. The van der Waals surface area contributed by atoms with Crippen LogP contribution in [0.15, 0.2) is 24.4 Å². The Hall–Kier alpha value is -2.17.